The number of benzene rings is 4. The van der Waals surface area contributed by atoms with Crippen LogP contribution >= 0.6 is 7.60 Å². The minimum Gasteiger partial charge on any atom is -0.478 e. The molecule has 59 heavy (non-hydrogen) atoms. The lowest BCUT2D eigenvalue weighted by Gasteiger charge is -2.15. The number of aromatic carboxylic acids is 1. The molecule has 0 spiro atoms. The van der Waals surface area contributed by atoms with Crippen LogP contribution in [-0.2, 0) is 4.57 Å². The second-order valence-corrected chi connectivity index (χ2v) is 14.8. The molecule has 0 saturated carbocycles. The summed E-state index contributed by atoms with van der Waals surface area (Å²) in [5.41, 5.74) is 10.9. The summed E-state index contributed by atoms with van der Waals surface area (Å²) in [5, 5.41) is 10.8. The highest BCUT2D eigenvalue weighted by Gasteiger charge is 2.21. The number of pyridine rings is 4. The van der Waals surface area contributed by atoms with Crippen LogP contribution in [0.15, 0.2) is 146 Å². The second kappa shape index (κ2) is 16.8. The highest BCUT2D eigenvalue weighted by atomic mass is 31.2. The third kappa shape index (κ3) is 8.98. The molecule has 14 nitrogen and oxygen atoms in total. The van der Waals surface area contributed by atoms with Crippen molar-refractivity contribution in [1.82, 2.24) is 19.9 Å². The van der Waals surface area contributed by atoms with Gasteiger partial charge in [-0.05, 0) is 97.1 Å². The Morgan fingerprint density at radius 1 is 0.610 bits per heavy atom. The van der Waals surface area contributed by atoms with E-state index >= 15 is 0 Å². The van der Waals surface area contributed by atoms with Gasteiger partial charge in [0.05, 0.1) is 23.6 Å². The normalized spacial score (nSPS) is 12.2. The van der Waals surface area contributed by atoms with Crippen LogP contribution in [0, 0.1) is 0 Å². The summed E-state index contributed by atoms with van der Waals surface area (Å²) in [5.74, 6) is 2.83. The van der Waals surface area contributed by atoms with E-state index in [1.807, 2.05) is 78.9 Å². The van der Waals surface area contributed by atoms with Gasteiger partial charge in [0.1, 0.15) is 11.5 Å². The number of nitrogens with two attached hydrogens (primary N) is 1. The Balaban J connectivity index is 0.000000124. The molecule has 0 radical (unpaired) electrons. The van der Waals surface area contributed by atoms with Crippen molar-refractivity contribution in [3.8, 4) is 57.0 Å². The van der Waals surface area contributed by atoms with Crippen molar-refractivity contribution >= 4 is 41.3 Å². The molecule has 294 valence electrons. The molecule has 6 heterocycles. The van der Waals surface area contributed by atoms with E-state index < -0.39 is 13.6 Å². The monoisotopic (exact) mass is 807 g/mol. The number of nitrogen functional groups attached to an aromatic ring is 1. The highest BCUT2D eigenvalue weighted by Crippen LogP contribution is 2.44. The van der Waals surface area contributed by atoms with Crippen LogP contribution in [0.3, 0.4) is 0 Å². The summed E-state index contributed by atoms with van der Waals surface area (Å²) in [7, 11) is -3.14. The maximum Gasteiger partial charge on any atom is 0.427 e. The van der Waals surface area contributed by atoms with Gasteiger partial charge in [0.25, 0.3) is 0 Å². The van der Waals surface area contributed by atoms with Gasteiger partial charge < -0.3 is 38.8 Å². The van der Waals surface area contributed by atoms with E-state index in [-0.39, 0.29) is 19.1 Å². The number of fused-ring (bicyclic) bond motifs is 4. The summed E-state index contributed by atoms with van der Waals surface area (Å²) < 4.78 is 44.1. The fourth-order valence-electron chi connectivity index (χ4n) is 6.09. The van der Waals surface area contributed by atoms with Crippen molar-refractivity contribution in [3.63, 3.8) is 0 Å². The van der Waals surface area contributed by atoms with Crippen LogP contribution in [0.2, 0.25) is 0 Å². The van der Waals surface area contributed by atoms with Gasteiger partial charge in [0.15, 0.2) is 34.3 Å². The fourth-order valence-corrected chi connectivity index (χ4v) is 7.14. The average Bonchev–Trinajstić information content (AvgIpc) is 3.94. The molecule has 10 rings (SSSR count). The lowest BCUT2D eigenvalue weighted by molar-refractivity contribution is 0.0699. The second-order valence-electron chi connectivity index (χ2n) is 12.9. The molecule has 0 aliphatic carbocycles. The number of ether oxygens (including phenoxy) is 4. The lowest BCUT2D eigenvalue weighted by Crippen LogP contribution is -2.01. The molecule has 0 atom stereocenters. The Labute approximate surface area is 337 Å². The molecule has 0 bridgehead atoms. The summed E-state index contributed by atoms with van der Waals surface area (Å²) in [6.45, 7) is 1.90. The van der Waals surface area contributed by atoms with Crippen LogP contribution < -0.4 is 33.7 Å². The van der Waals surface area contributed by atoms with Gasteiger partial charge in [-0.25, -0.2) is 29.3 Å². The minimum absolute atomic E-state index is 0.172. The van der Waals surface area contributed by atoms with Crippen LogP contribution in [0.1, 0.15) is 10.4 Å². The Morgan fingerprint density at radius 2 is 1.08 bits per heavy atom. The first kappa shape index (κ1) is 38.2. The number of aromatic nitrogens is 4. The van der Waals surface area contributed by atoms with Crippen molar-refractivity contribution in [2.75, 3.05) is 26.0 Å². The van der Waals surface area contributed by atoms with E-state index in [4.69, 9.17) is 33.7 Å². The molecule has 0 saturated heterocycles. The number of carboxylic acids is 1. The minimum atomic E-state index is -3.14. The van der Waals surface area contributed by atoms with Gasteiger partial charge in [0, 0.05) is 40.0 Å². The first-order chi connectivity index (χ1) is 28.7. The SMILES string of the molecule is CP(=O)(Oc1ccccc1)Oc1ccccc1.Nc1cc(-c2ccc3c(c2)OCO3)nc2ncccc12.O=C(O)c1cc(-c2ccc3c(c2)OCO3)nc2ncccc12. The molecule has 4 aromatic heterocycles. The maximum absolute atomic E-state index is 12.1. The quantitative estimate of drug-likeness (QED) is 0.145. The number of nitrogens with zero attached hydrogens (tertiary/aromatic N) is 4. The third-order valence-corrected chi connectivity index (χ3v) is 9.88. The molecule has 3 N–H and O–H groups in total. The number of hydrogen-bond donors (Lipinski definition) is 2. The molecular formula is C44H34N5O9P. The van der Waals surface area contributed by atoms with Crippen LogP contribution in [0.4, 0.5) is 5.69 Å². The summed E-state index contributed by atoms with van der Waals surface area (Å²) in [6.07, 6.45) is 3.29. The Kier molecular flexibility index (Phi) is 10.9. The fraction of sp³-hybridized carbons (Fsp3) is 0.0682. The van der Waals surface area contributed by atoms with E-state index in [0.29, 0.717) is 51.1 Å². The van der Waals surface area contributed by atoms with Crippen LogP contribution in [0.5, 0.6) is 34.5 Å². The first-order valence-electron chi connectivity index (χ1n) is 18.1. The lowest BCUT2D eigenvalue weighted by atomic mass is 10.1. The van der Waals surface area contributed by atoms with Gasteiger partial charge in [-0.15, -0.1) is 0 Å². The third-order valence-electron chi connectivity index (χ3n) is 8.80. The molecular weight excluding hydrogens is 773 g/mol. The van der Waals surface area contributed by atoms with Crippen LogP contribution in [-0.4, -0.2) is 51.3 Å². The van der Waals surface area contributed by atoms with E-state index in [9.17, 15) is 14.5 Å². The molecule has 4 aromatic carbocycles. The molecule has 8 aromatic rings. The molecule has 15 heteroatoms. The first-order valence-corrected chi connectivity index (χ1v) is 20.1. The molecule has 0 fully saturated rings. The highest BCUT2D eigenvalue weighted by molar-refractivity contribution is 7.53. The van der Waals surface area contributed by atoms with E-state index in [2.05, 4.69) is 19.9 Å². The number of rotatable bonds is 7. The smallest absolute Gasteiger partial charge is 0.427 e. The van der Waals surface area contributed by atoms with E-state index in [1.165, 1.54) is 6.66 Å². The summed E-state index contributed by atoms with van der Waals surface area (Å²) in [4.78, 5) is 28.9. The topological polar surface area (TPSA) is 187 Å². The number of carbonyl (C=O) groups is 1. The summed E-state index contributed by atoms with van der Waals surface area (Å²) >= 11 is 0. The Hall–Kier alpha value is -7.70. The molecule has 2 aliphatic heterocycles. The van der Waals surface area contributed by atoms with Crippen molar-refractivity contribution in [1.29, 1.82) is 0 Å². The van der Waals surface area contributed by atoms with E-state index in [0.717, 1.165) is 33.7 Å². The maximum atomic E-state index is 12.1. The van der Waals surface area contributed by atoms with Crippen molar-refractivity contribution in [2.45, 2.75) is 0 Å². The zero-order valence-corrected chi connectivity index (χ0v) is 32.2. The standard InChI is InChI=1S/C16H10N2O4.C15H11N3O2.C13H13O3P/c19-16(20)11-7-12(18-15-10(11)2-1-5-17-15)9-3-4-13-14(6-9)22-8-21-13;16-11-7-12(18-15-10(11)2-1-5-17-15)9-3-4-13-14(6-9)20-8-19-13;1-17(14,15-12-8-4-2-5-9-12)16-13-10-6-3-7-11-13/h1-7H,8H2,(H,19,20);1-7H,8H2,(H2,16,17,18);2-11H,1H3. The molecule has 2 aliphatic rings. The number of anilines is 1. The van der Waals surface area contributed by atoms with Gasteiger partial charge in [-0.2, -0.15) is 0 Å². The van der Waals surface area contributed by atoms with Gasteiger partial charge >= 0.3 is 13.6 Å². The van der Waals surface area contributed by atoms with Gasteiger partial charge in [0.2, 0.25) is 13.6 Å². The van der Waals surface area contributed by atoms with Crippen molar-refractivity contribution < 1.29 is 42.5 Å². The number of para-hydroxylation sites is 2. The largest absolute Gasteiger partial charge is 0.478 e. The van der Waals surface area contributed by atoms with Crippen LogP contribution in [0.25, 0.3) is 44.6 Å². The predicted octanol–water partition coefficient (Wildman–Crippen LogP) is 9.30. The van der Waals surface area contributed by atoms with Crippen molar-refractivity contribution in [3.05, 3.63) is 151 Å². The Bertz CT molecular complexity index is 2800. The Morgan fingerprint density at radius 3 is 1.61 bits per heavy atom. The van der Waals surface area contributed by atoms with Gasteiger partial charge in [-0.1, -0.05) is 36.4 Å². The van der Waals surface area contributed by atoms with Crippen molar-refractivity contribution in [2.24, 2.45) is 0 Å². The van der Waals surface area contributed by atoms with Gasteiger partial charge in [-0.3, -0.25) is 0 Å². The number of hydrogen-bond acceptors (Lipinski definition) is 13. The number of carboxylic acid groups (broad SMARTS) is 1. The zero-order valence-electron chi connectivity index (χ0n) is 31.3. The molecule has 0 amide bonds. The summed E-state index contributed by atoms with van der Waals surface area (Å²) in [6, 6.07) is 39.6. The average molecular weight is 808 g/mol. The predicted molar refractivity (Wildman–Crippen MR) is 221 cm³/mol. The van der Waals surface area contributed by atoms with E-state index in [1.54, 1.807) is 67.0 Å². The zero-order chi connectivity index (χ0) is 40.8. The molecule has 0 unspecified atom stereocenters.